The van der Waals surface area contributed by atoms with E-state index in [1.54, 1.807) is 7.05 Å². The molecule has 1 amide bonds. The Morgan fingerprint density at radius 1 is 1.12 bits per heavy atom. The van der Waals surface area contributed by atoms with E-state index in [1.807, 2.05) is 0 Å². The molecule has 2 rings (SSSR count). The Morgan fingerprint density at radius 2 is 1.85 bits per heavy atom. The highest BCUT2D eigenvalue weighted by atomic mass is 16.5. The predicted molar refractivity (Wildman–Crippen MR) is 106 cm³/mol. The van der Waals surface area contributed by atoms with Crippen molar-refractivity contribution in [1.82, 2.24) is 5.32 Å². The molecule has 0 saturated heterocycles. The molecular formula is C22H41NO3. The van der Waals surface area contributed by atoms with Crippen LogP contribution in [0.5, 0.6) is 0 Å². The third-order valence-electron chi connectivity index (χ3n) is 6.55. The second kappa shape index (κ2) is 11.3. The lowest BCUT2D eigenvalue weighted by molar-refractivity contribution is -0.143. The number of amides is 1. The van der Waals surface area contributed by atoms with Gasteiger partial charge in [0, 0.05) is 13.7 Å². The van der Waals surface area contributed by atoms with Crippen molar-refractivity contribution in [2.24, 2.45) is 11.8 Å². The number of carbonyl (C=O) groups excluding carboxylic acids is 1. The molecule has 2 N–H and O–H groups in total. The Hall–Kier alpha value is -0.610. The minimum atomic E-state index is -1.21. The molecule has 0 aromatic heterocycles. The van der Waals surface area contributed by atoms with Crippen LogP contribution in [0.2, 0.25) is 0 Å². The van der Waals surface area contributed by atoms with E-state index in [4.69, 9.17) is 4.74 Å². The number of likely N-dealkylation sites (N-methyl/N-ethyl adjacent to an activating group) is 1. The number of rotatable bonds is 10. The van der Waals surface area contributed by atoms with E-state index in [0.717, 1.165) is 51.6 Å². The lowest BCUT2D eigenvalue weighted by Gasteiger charge is -2.36. The van der Waals surface area contributed by atoms with Crippen molar-refractivity contribution in [2.75, 3.05) is 13.7 Å². The largest absolute Gasteiger partial charge is 0.380 e. The summed E-state index contributed by atoms with van der Waals surface area (Å²) in [5.74, 6) is 0.891. The Kier molecular flexibility index (Phi) is 9.41. The second-order valence-electron chi connectivity index (χ2n) is 8.74. The van der Waals surface area contributed by atoms with Crippen LogP contribution in [-0.4, -0.2) is 36.4 Å². The van der Waals surface area contributed by atoms with Gasteiger partial charge in [0.15, 0.2) is 0 Å². The van der Waals surface area contributed by atoms with Crippen molar-refractivity contribution in [3.05, 3.63) is 0 Å². The van der Waals surface area contributed by atoms with Crippen LogP contribution in [0.3, 0.4) is 0 Å². The molecule has 2 aliphatic rings. The number of ether oxygens (including phenoxy) is 1. The molecule has 0 spiro atoms. The molecular weight excluding hydrogens is 326 g/mol. The Balaban J connectivity index is 1.87. The Morgan fingerprint density at radius 3 is 2.54 bits per heavy atom. The molecule has 152 valence electrons. The topological polar surface area (TPSA) is 58.6 Å². The number of hydrogen-bond acceptors (Lipinski definition) is 3. The maximum Gasteiger partial charge on any atom is 0.251 e. The predicted octanol–water partition coefficient (Wildman–Crippen LogP) is 4.59. The summed E-state index contributed by atoms with van der Waals surface area (Å²) in [5.41, 5.74) is -1.21. The summed E-state index contributed by atoms with van der Waals surface area (Å²) >= 11 is 0. The number of unbranched alkanes of at least 4 members (excludes halogenated alkanes) is 1. The first kappa shape index (κ1) is 21.7. The highest BCUT2D eigenvalue weighted by molar-refractivity contribution is 5.84. The van der Waals surface area contributed by atoms with Gasteiger partial charge in [0.2, 0.25) is 0 Å². The van der Waals surface area contributed by atoms with Crippen molar-refractivity contribution in [1.29, 1.82) is 0 Å². The van der Waals surface area contributed by atoms with Gasteiger partial charge in [0.1, 0.15) is 5.60 Å². The zero-order chi connectivity index (χ0) is 18.8. The first-order valence-electron chi connectivity index (χ1n) is 11.1. The van der Waals surface area contributed by atoms with Crippen LogP contribution in [-0.2, 0) is 9.53 Å². The minimum Gasteiger partial charge on any atom is -0.380 e. The second-order valence-corrected chi connectivity index (χ2v) is 8.74. The smallest absolute Gasteiger partial charge is 0.251 e. The van der Waals surface area contributed by atoms with Crippen LogP contribution in [0.1, 0.15) is 96.8 Å². The molecule has 0 unspecified atom stereocenters. The third kappa shape index (κ3) is 6.84. The molecule has 3 atom stereocenters. The minimum absolute atomic E-state index is 0.192. The average Bonchev–Trinajstić information content (AvgIpc) is 2.67. The van der Waals surface area contributed by atoms with Crippen LogP contribution in [0.15, 0.2) is 0 Å². The fourth-order valence-electron chi connectivity index (χ4n) is 4.91. The number of hydrogen-bond donors (Lipinski definition) is 2. The molecule has 4 heteroatoms. The number of aliphatic hydroxyl groups is 1. The van der Waals surface area contributed by atoms with Gasteiger partial charge < -0.3 is 15.2 Å². The van der Waals surface area contributed by atoms with Gasteiger partial charge in [-0.15, -0.1) is 0 Å². The quantitative estimate of drug-likeness (QED) is 0.555. The van der Waals surface area contributed by atoms with Gasteiger partial charge in [0.05, 0.1) is 6.10 Å². The highest BCUT2D eigenvalue weighted by Crippen LogP contribution is 2.36. The van der Waals surface area contributed by atoms with Gasteiger partial charge in [0.25, 0.3) is 5.91 Å². The average molecular weight is 368 g/mol. The molecule has 0 radical (unpaired) electrons. The van der Waals surface area contributed by atoms with E-state index >= 15 is 0 Å². The molecule has 0 aliphatic heterocycles. The molecule has 0 aromatic rings. The van der Waals surface area contributed by atoms with Crippen molar-refractivity contribution in [2.45, 2.75) is 109 Å². The van der Waals surface area contributed by atoms with Crippen molar-refractivity contribution in [3.8, 4) is 0 Å². The van der Waals surface area contributed by atoms with Crippen LogP contribution in [0, 0.1) is 11.8 Å². The van der Waals surface area contributed by atoms with E-state index < -0.39 is 5.60 Å². The lowest BCUT2D eigenvalue weighted by atomic mass is 9.76. The monoisotopic (exact) mass is 367 g/mol. The summed E-state index contributed by atoms with van der Waals surface area (Å²) in [5, 5.41) is 13.9. The molecule has 2 fully saturated rings. The first-order chi connectivity index (χ1) is 12.6. The van der Waals surface area contributed by atoms with Crippen molar-refractivity contribution >= 4 is 5.91 Å². The van der Waals surface area contributed by atoms with Crippen LogP contribution < -0.4 is 5.32 Å². The third-order valence-corrected chi connectivity index (χ3v) is 6.55. The van der Waals surface area contributed by atoms with E-state index in [-0.39, 0.29) is 5.91 Å². The van der Waals surface area contributed by atoms with Crippen molar-refractivity contribution < 1.29 is 14.6 Å². The summed E-state index contributed by atoms with van der Waals surface area (Å²) < 4.78 is 6.03. The van der Waals surface area contributed by atoms with E-state index in [9.17, 15) is 9.90 Å². The summed E-state index contributed by atoms with van der Waals surface area (Å²) in [6.07, 6.45) is 15.6. The fraction of sp³-hybridized carbons (Fsp3) is 0.955. The SMILES string of the molecule is CCCCO[C@@H]1CCC[C@@H](C[C@](O)(CCC2CCCCC2)C(=O)NC)C1. The highest BCUT2D eigenvalue weighted by Gasteiger charge is 2.39. The number of nitrogens with one attached hydrogen (secondary N) is 1. The Bertz CT molecular complexity index is 408. The molecule has 26 heavy (non-hydrogen) atoms. The maximum absolute atomic E-state index is 12.5. The summed E-state index contributed by atoms with van der Waals surface area (Å²) in [6, 6.07) is 0. The van der Waals surface area contributed by atoms with E-state index in [2.05, 4.69) is 12.2 Å². The number of carbonyl (C=O) groups is 1. The fourth-order valence-corrected chi connectivity index (χ4v) is 4.91. The van der Waals surface area contributed by atoms with Crippen molar-refractivity contribution in [3.63, 3.8) is 0 Å². The summed E-state index contributed by atoms with van der Waals surface area (Å²) in [7, 11) is 1.64. The van der Waals surface area contributed by atoms with Gasteiger partial charge in [-0.2, -0.15) is 0 Å². The lowest BCUT2D eigenvalue weighted by Crippen LogP contribution is -2.47. The van der Waals surface area contributed by atoms with Crippen LogP contribution in [0.25, 0.3) is 0 Å². The summed E-state index contributed by atoms with van der Waals surface area (Å²) in [6.45, 7) is 3.03. The molecule has 2 saturated carbocycles. The normalized spacial score (nSPS) is 27.0. The first-order valence-corrected chi connectivity index (χ1v) is 11.1. The molecule has 2 aliphatic carbocycles. The zero-order valence-electron chi connectivity index (χ0n) is 17.1. The van der Waals surface area contributed by atoms with E-state index in [1.165, 1.54) is 32.1 Å². The van der Waals surface area contributed by atoms with Crippen LogP contribution in [0.4, 0.5) is 0 Å². The van der Waals surface area contributed by atoms with Crippen LogP contribution >= 0.6 is 0 Å². The zero-order valence-corrected chi connectivity index (χ0v) is 17.1. The van der Waals surface area contributed by atoms with Gasteiger partial charge in [-0.3, -0.25) is 4.79 Å². The summed E-state index contributed by atoms with van der Waals surface area (Å²) in [4.78, 5) is 12.5. The van der Waals surface area contributed by atoms with Gasteiger partial charge >= 0.3 is 0 Å². The van der Waals surface area contributed by atoms with E-state index in [0.29, 0.717) is 30.8 Å². The van der Waals surface area contributed by atoms with Gasteiger partial charge in [-0.1, -0.05) is 58.3 Å². The molecule has 0 aromatic carbocycles. The molecule has 0 bridgehead atoms. The maximum atomic E-state index is 12.5. The van der Waals surface area contributed by atoms with Gasteiger partial charge in [-0.25, -0.2) is 0 Å². The standard InChI is InChI=1S/C22H41NO3/c1-3-4-15-26-20-12-8-11-19(16-20)17-22(25,21(24)23-2)14-13-18-9-6-5-7-10-18/h18-20,25H,3-17H2,1-2H3,(H,23,24)/t19-,20-,22-/m1/s1. The van der Waals surface area contributed by atoms with Gasteiger partial charge in [-0.05, 0) is 50.4 Å². The molecule has 0 heterocycles. The molecule has 4 nitrogen and oxygen atoms in total. The Labute approximate surface area is 160 Å².